The standard InChI is InChI=1S/C15H17FO3S/c1-9-13(3-2-4-14(9)16)15(17)10-7-11-5-6-12(8-10)20(11,18)19/h2-4,10-12H,5-8H2,1H3. The van der Waals surface area contributed by atoms with Gasteiger partial charge in [0.25, 0.3) is 0 Å². The Labute approximate surface area is 118 Å². The van der Waals surface area contributed by atoms with Gasteiger partial charge in [-0.15, -0.1) is 0 Å². The van der Waals surface area contributed by atoms with E-state index >= 15 is 0 Å². The number of carbonyl (C=O) groups is 1. The topological polar surface area (TPSA) is 51.2 Å². The summed E-state index contributed by atoms with van der Waals surface area (Å²) in [6.07, 6.45) is 2.12. The van der Waals surface area contributed by atoms with Gasteiger partial charge in [0, 0.05) is 11.5 Å². The van der Waals surface area contributed by atoms with Gasteiger partial charge >= 0.3 is 0 Å². The average Bonchev–Trinajstić information content (AvgIpc) is 2.60. The van der Waals surface area contributed by atoms with Gasteiger partial charge in [0.2, 0.25) is 0 Å². The van der Waals surface area contributed by atoms with Crippen LogP contribution in [0, 0.1) is 18.7 Å². The second-order valence-electron chi connectivity index (χ2n) is 5.86. The van der Waals surface area contributed by atoms with Gasteiger partial charge < -0.3 is 0 Å². The number of hydrogen-bond acceptors (Lipinski definition) is 3. The lowest BCUT2D eigenvalue weighted by atomic mass is 9.88. The van der Waals surface area contributed by atoms with Crippen LogP contribution in [0.1, 0.15) is 41.6 Å². The van der Waals surface area contributed by atoms with Crippen LogP contribution in [-0.4, -0.2) is 24.7 Å². The highest BCUT2D eigenvalue weighted by Gasteiger charge is 2.48. The number of rotatable bonds is 2. The molecule has 0 aromatic heterocycles. The molecule has 5 heteroatoms. The van der Waals surface area contributed by atoms with E-state index in [2.05, 4.69) is 0 Å². The highest BCUT2D eigenvalue weighted by Crippen LogP contribution is 2.42. The molecule has 2 heterocycles. The fourth-order valence-electron chi connectivity index (χ4n) is 3.52. The molecule has 0 spiro atoms. The van der Waals surface area contributed by atoms with E-state index in [1.165, 1.54) is 12.1 Å². The van der Waals surface area contributed by atoms with E-state index in [-0.39, 0.29) is 28.0 Å². The largest absolute Gasteiger partial charge is 0.294 e. The molecule has 20 heavy (non-hydrogen) atoms. The molecule has 2 unspecified atom stereocenters. The van der Waals surface area contributed by atoms with Crippen LogP contribution in [0.25, 0.3) is 0 Å². The predicted molar refractivity (Wildman–Crippen MR) is 73.9 cm³/mol. The number of sulfone groups is 1. The Morgan fingerprint density at radius 3 is 2.40 bits per heavy atom. The van der Waals surface area contributed by atoms with Crippen molar-refractivity contribution >= 4 is 15.6 Å². The summed E-state index contributed by atoms with van der Waals surface area (Å²) < 4.78 is 37.6. The van der Waals surface area contributed by atoms with Gasteiger partial charge in [-0.05, 0) is 44.2 Å². The molecule has 2 aliphatic heterocycles. The number of hydrogen-bond donors (Lipinski definition) is 0. The Bertz CT molecular complexity index is 646. The summed E-state index contributed by atoms with van der Waals surface area (Å²) in [5, 5.41) is -0.742. The zero-order valence-corrected chi connectivity index (χ0v) is 12.1. The third kappa shape index (κ3) is 1.99. The van der Waals surface area contributed by atoms with E-state index in [4.69, 9.17) is 0 Å². The molecule has 0 saturated carbocycles. The number of ketones is 1. The van der Waals surface area contributed by atoms with Crippen LogP contribution in [0.3, 0.4) is 0 Å². The normalized spacial score (nSPS) is 31.2. The molecule has 3 nitrogen and oxygen atoms in total. The highest BCUT2D eigenvalue weighted by atomic mass is 32.2. The number of fused-ring (bicyclic) bond motifs is 2. The summed E-state index contributed by atoms with van der Waals surface area (Å²) in [5.41, 5.74) is 0.756. The first kappa shape index (κ1) is 13.7. The molecule has 0 N–H and O–H groups in total. The first-order valence-electron chi connectivity index (χ1n) is 6.93. The minimum absolute atomic E-state index is 0.103. The number of halogens is 1. The molecular weight excluding hydrogens is 279 g/mol. The van der Waals surface area contributed by atoms with Crippen molar-refractivity contribution in [1.29, 1.82) is 0 Å². The van der Waals surface area contributed by atoms with Crippen LogP contribution in [0.15, 0.2) is 18.2 Å². The minimum Gasteiger partial charge on any atom is -0.294 e. The maximum Gasteiger partial charge on any atom is 0.166 e. The summed E-state index contributed by atoms with van der Waals surface area (Å²) in [4.78, 5) is 12.5. The van der Waals surface area contributed by atoms with E-state index in [1.807, 2.05) is 0 Å². The molecule has 2 fully saturated rings. The van der Waals surface area contributed by atoms with Gasteiger partial charge in [-0.3, -0.25) is 4.79 Å². The molecule has 0 aliphatic carbocycles. The Balaban J connectivity index is 1.89. The summed E-state index contributed by atoms with van der Waals surface area (Å²) in [6.45, 7) is 1.59. The Hall–Kier alpha value is -1.23. The maximum absolute atomic E-state index is 13.5. The number of Topliss-reactive ketones (excluding diaryl/α,β-unsaturated/α-hetero) is 1. The van der Waals surface area contributed by atoms with E-state index in [1.54, 1.807) is 13.0 Å². The van der Waals surface area contributed by atoms with Crippen molar-refractivity contribution in [3.63, 3.8) is 0 Å². The van der Waals surface area contributed by atoms with Crippen LogP contribution < -0.4 is 0 Å². The van der Waals surface area contributed by atoms with Crippen LogP contribution in [-0.2, 0) is 9.84 Å². The Kier molecular flexibility index (Phi) is 3.20. The second kappa shape index (κ2) is 4.65. The third-order valence-electron chi connectivity index (χ3n) is 4.74. The Morgan fingerprint density at radius 1 is 1.20 bits per heavy atom. The van der Waals surface area contributed by atoms with E-state index < -0.39 is 9.84 Å². The molecule has 3 rings (SSSR count). The average molecular weight is 296 g/mol. The lowest BCUT2D eigenvalue weighted by Gasteiger charge is -2.27. The second-order valence-corrected chi connectivity index (χ2v) is 8.37. The third-order valence-corrected chi connectivity index (χ3v) is 7.45. The van der Waals surface area contributed by atoms with Crippen molar-refractivity contribution in [2.24, 2.45) is 5.92 Å². The maximum atomic E-state index is 13.5. The molecular formula is C15H17FO3S. The molecule has 0 radical (unpaired) electrons. The van der Waals surface area contributed by atoms with E-state index in [9.17, 15) is 17.6 Å². The van der Waals surface area contributed by atoms with Crippen LogP contribution in [0.2, 0.25) is 0 Å². The summed E-state index contributed by atoms with van der Waals surface area (Å²) >= 11 is 0. The molecule has 2 bridgehead atoms. The molecule has 0 amide bonds. The summed E-state index contributed by atoms with van der Waals surface area (Å²) in [7, 11) is -3.02. The van der Waals surface area contributed by atoms with Gasteiger partial charge in [-0.1, -0.05) is 12.1 Å². The summed E-state index contributed by atoms with van der Waals surface area (Å²) in [6, 6.07) is 4.50. The lowest BCUT2D eigenvalue weighted by molar-refractivity contribution is 0.0904. The van der Waals surface area contributed by atoms with Crippen molar-refractivity contribution in [1.82, 2.24) is 0 Å². The van der Waals surface area contributed by atoms with Gasteiger partial charge in [0.15, 0.2) is 15.6 Å². The predicted octanol–water partition coefficient (Wildman–Crippen LogP) is 2.67. The smallest absolute Gasteiger partial charge is 0.166 e. The molecule has 2 saturated heterocycles. The van der Waals surface area contributed by atoms with Gasteiger partial charge in [-0.2, -0.15) is 0 Å². The molecule has 2 atom stereocenters. The zero-order chi connectivity index (χ0) is 14.5. The van der Waals surface area contributed by atoms with Crippen LogP contribution >= 0.6 is 0 Å². The lowest BCUT2D eigenvalue weighted by Crippen LogP contribution is -2.36. The zero-order valence-electron chi connectivity index (χ0n) is 11.3. The summed E-state index contributed by atoms with van der Waals surface area (Å²) in [5.74, 6) is -0.771. The number of benzene rings is 1. The fourth-order valence-corrected chi connectivity index (χ4v) is 5.99. The quantitative estimate of drug-likeness (QED) is 0.788. The van der Waals surface area contributed by atoms with Crippen LogP contribution in [0.5, 0.6) is 0 Å². The molecule has 1 aromatic carbocycles. The van der Waals surface area contributed by atoms with Gasteiger partial charge in [0.05, 0.1) is 10.5 Å². The van der Waals surface area contributed by atoms with E-state index in [0.29, 0.717) is 36.8 Å². The van der Waals surface area contributed by atoms with Crippen molar-refractivity contribution in [2.75, 3.05) is 0 Å². The molecule has 2 aliphatic rings. The van der Waals surface area contributed by atoms with Crippen molar-refractivity contribution in [2.45, 2.75) is 43.1 Å². The van der Waals surface area contributed by atoms with Gasteiger partial charge in [0.1, 0.15) is 5.82 Å². The fraction of sp³-hybridized carbons (Fsp3) is 0.533. The highest BCUT2D eigenvalue weighted by molar-refractivity contribution is 7.93. The molecule has 1 aromatic rings. The monoisotopic (exact) mass is 296 g/mol. The minimum atomic E-state index is -3.02. The Morgan fingerprint density at radius 2 is 1.80 bits per heavy atom. The van der Waals surface area contributed by atoms with E-state index in [0.717, 1.165) is 0 Å². The van der Waals surface area contributed by atoms with Crippen molar-refractivity contribution in [3.05, 3.63) is 35.1 Å². The molecule has 108 valence electrons. The van der Waals surface area contributed by atoms with Crippen molar-refractivity contribution in [3.8, 4) is 0 Å². The first-order valence-corrected chi connectivity index (χ1v) is 8.54. The van der Waals surface area contributed by atoms with Crippen LogP contribution in [0.4, 0.5) is 4.39 Å². The van der Waals surface area contributed by atoms with Crippen molar-refractivity contribution < 1.29 is 17.6 Å². The first-order chi connectivity index (χ1) is 9.41. The SMILES string of the molecule is Cc1c(F)cccc1C(=O)C1CC2CCC(C1)S2(=O)=O. The number of carbonyl (C=O) groups excluding carboxylic acids is 1. The van der Waals surface area contributed by atoms with Gasteiger partial charge in [-0.25, -0.2) is 12.8 Å².